The van der Waals surface area contributed by atoms with Crippen LogP contribution >= 0.6 is 11.6 Å². The van der Waals surface area contributed by atoms with Crippen molar-refractivity contribution in [2.45, 2.75) is 25.5 Å². The van der Waals surface area contributed by atoms with E-state index in [0.717, 1.165) is 11.5 Å². The van der Waals surface area contributed by atoms with Crippen LogP contribution in [0.25, 0.3) is 0 Å². The fraction of sp³-hybridized carbons (Fsp3) is 0.500. The van der Waals surface area contributed by atoms with Crippen molar-refractivity contribution in [1.29, 1.82) is 0 Å². The minimum Gasteiger partial charge on any atom is -0.387 e. The van der Waals surface area contributed by atoms with E-state index in [0.29, 0.717) is 17.6 Å². The Balaban J connectivity index is 1.84. The molecule has 1 aliphatic carbocycles. The van der Waals surface area contributed by atoms with Gasteiger partial charge in [-0.05, 0) is 30.0 Å². The summed E-state index contributed by atoms with van der Waals surface area (Å²) in [6.07, 6.45) is 0.794. The Kier molecular flexibility index (Phi) is 3.29. The highest BCUT2D eigenvalue weighted by Crippen LogP contribution is 2.29. The van der Waals surface area contributed by atoms with Crippen molar-refractivity contribution in [2.75, 3.05) is 6.54 Å². The van der Waals surface area contributed by atoms with Gasteiger partial charge in [0.15, 0.2) is 0 Å². The second kappa shape index (κ2) is 4.52. The Morgan fingerprint density at radius 3 is 2.60 bits per heavy atom. The zero-order chi connectivity index (χ0) is 10.8. The number of benzene rings is 1. The highest BCUT2D eigenvalue weighted by Gasteiger charge is 2.32. The number of aliphatic hydroxyl groups excluding tert-OH is 1. The largest absolute Gasteiger partial charge is 0.387 e. The molecule has 3 atom stereocenters. The average molecular weight is 226 g/mol. The molecule has 0 aromatic heterocycles. The third-order valence-corrected chi connectivity index (χ3v) is 3.19. The molecule has 2 rings (SSSR count). The molecule has 2 N–H and O–H groups in total. The summed E-state index contributed by atoms with van der Waals surface area (Å²) in [7, 11) is 0. The molecule has 1 saturated carbocycles. The minimum absolute atomic E-state index is 0.435. The van der Waals surface area contributed by atoms with Crippen LogP contribution < -0.4 is 5.32 Å². The molecule has 0 amide bonds. The SMILES string of the molecule is CC1CC1NCC(O)c1ccc(Cl)cc1. The van der Waals surface area contributed by atoms with E-state index in [4.69, 9.17) is 11.6 Å². The second-order valence-electron chi connectivity index (χ2n) is 4.30. The van der Waals surface area contributed by atoms with Crippen LogP contribution in [0.3, 0.4) is 0 Å². The van der Waals surface area contributed by atoms with E-state index < -0.39 is 6.10 Å². The molecule has 1 aliphatic rings. The summed E-state index contributed by atoms with van der Waals surface area (Å²) in [5, 5.41) is 13.9. The van der Waals surface area contributed by atoms with Gasteiger partial charge in [-0.25, -0.2) is 0 Å². The highest BCUT2D eigenvalue weighted by atomic mass is 35.5. The first-order valence-electron chi connectivity index (χ1n) is 5.33. The van der Waals surface area contributed by atoms with E-state index in [-0.39, 0.29) is 0 Å². The molecule has 0 aliphatic heterocycles. The van der Waals surface area contributed by atoms with E-state index in [2.05, 4.69) is 12.2 Å². The molecule has 0 bridgehead atoms. The molecular formula is C12H16ClNO. The normalized spacial score (nSPS) is 26.3. The summed E-state index contributed by atoms with van der Waals surface area (Å²) in [6.45, 7) is 2.84. The zero-order valence-electron chi connectivity index (χ0n) is 8.78. The first kappa shape index (κ1) is 10.9. The molecular weight excluding hydrogens is 210 g/mol. The first-order valence-corrected chi connectivity index (χ1v) is 5.71. The van der Waals surface area contributed by atoms with Crippen LogP contribution in [0.5, 0.6) is 0 Å². The van der Waals surface area contributed by atoms with Gasteiger partial charge in [-0.1, -0.05) is 30.7 Å². The second-order valence-corrected chi connectivity index (χ2v) is 4.73. The molecule has 82 valence electrons. The maximum absolute atomic E-state index is 9.87. The van der Waals surface area contributed by atoms with Gasteiger partial charge in [-0.15, -0.1) is 0 Å². The fourth-order valence-electron chi connectivity index (χ4n) is 1.67. The number of hydrogen-bond donors (Lipinski definition) is 2. The van der Waals surface area contributed by atoms with Gasteiger partial charge in [-0.2, -0.15) is 0 Å². The van der Waals surface area contributed by atoms with Crippen LogP contribution in [0.4, 0.5) is 0 Å². The van der Waals surface area contributed by atoms with Crippen LogP contribution in [0.15, 0.2) is 24.3 Å². The predicted octanol–water partition coefficient (Wildman–Crippen LogP) is 2.37. The maximum atomic E-state index is 9.87. The third-order valence-electron chi connectivity index (χ3n) is 2.94. The zero-order valence-corrected chi connectivity index (χ0v) is 9.54. The van der Waals surface area contributed by atoms with Crippen molar-refractivity contribution < 1.29 is 5.11 Å². The summed E-state index contributed by atoms with van der Waals surface area (Å²) in [5.74, 6) is 0.766. The Bertz CT molecular complexity index is 325. The molecule has 15 heavy (non-hydrogen) atoms. The Morgan fingerprint density at radius 2 is 2.07 bits per heavy atom. The molecule has 3 unspecified atom stereocenters. The average Bonchev–Trinajstić information content (AvgIpc) is 2.92. The Hall–Kier alpha value is -0.570. The van der Waals surface area contributed by atoms with E-state index in [9.17, 15) is 5.11 Å². The first-order chi connectivity index (χ1) is 7.16. The molecule has 0 spiro atoms. The molecule has 1 aromatic rings. The minimum atomic E-state index is -0.435. The van der Waals surface area contributed by atoms with Crippen LogP contribution in [-0.4, -0.2) is 17.7 Å². The fourth-order valence-corrected chi connectivity index (χ4v) is 1.80. The Morgan fingerprint density at radius 1 is 1.47 bits per heavy atom. The number of nitrogens with one attached hydrogen (secondary N) is 1. The topological polar surface area (TPSA) is 32.3 Å². The van der Waals surface area contributed by atoms with Crippen LogP contribution in [0.2, 0.25) is 5.02 Å². The number of rotatable bonds is 4. The summed E-state index contributed by atoms with van der Waals surface area (Å²) < 4.78 is 0. The molecule has 1 aromatic carbocycles. The van der Waals surface area contributed by atoms with Crippen molar-refractivity contribution >= 4 is 11.6 Å². The van der Waals surface area contributed by atoms with E-state index >= 15 is 0 Å². The maximum Gasteiger partial charge on any atom is 0.0914 e. The van der Waals surface area contributed by atoms with E-state index in [1.165, 1.54) is 6.42 Å². The lowest BCUT2D eigenvalue weighted by Crippen LogP contribution is -2.24. The van der Waals surface area contributed by atoms with Crippen molar-refractivity contribution in [3.05, 3.63) is 34.9 Å². The lowest BCUT2D eigenvalue weighted by Gasteiger charge is -2.11. The molecule has 1 fully saturated rings. The van der Waals surface area contributed by atoms with Crippen LogP contribution in [0, 0.1) is 5.92 Å². The summed E-state index contributed by atoms with van der Waals surface area (Å²) in [6, 6.07) is 7.95. The lowest BCUT2D eigenvalue weighted by molar-refractivity contribution is 0.173. The number of hydrogen-bond acceptors (Lipinski definition) is 2. The van der Waals surface area contributed by atoms with Crippen molar-refractivity contribution in [1.82, 2.24) is 5.32 Å². The summed E-state index contributed by atoms with van der Waals surface area (Å²) in [4.78, 5) is 0. The molecule has 0 saturated heterocycles. The van der Waals surface area contributed by atoms with Gasteiger partial charge in [0, 0.05) is 17.6 Å². The summed E-state index contributed by atoms with van der Waals surface area (Å²) >= 11 is 5.78. The van der Waals surface area contributed by atoms with Crippen LogP contribution in [-0.2, 0) is 0 Å². The van der Waals surface area contributed by atoms with Gasteiger partial charge < -0.3 is 10.4 Å². The van der Waals surface area contributed by atoms with Gasteiger partial charge in [0.2, 0.25) is 0 Å². The Labute approximate surface area is 95.3 Å². The predicted molar refractivity (Wildman–Crippen MR) is 62.0 cm³/mol. The van der Waals surface area contributed by atoms with Gasteiger partial charge in [0.25, 0.3) is 0 Å². The van der Waals surface area contributed by atoms with Gasteiger partial charge in [0.1, 0.15) is 0 Å². The standard InChI is InChI=1S/C12H16ClNO/c1-8-6-11(8)14-7-12(15)9-2-4-10(13)5-3-9/h2-5,8,11-12,14-15H,6-7H2,1H3. The van der Waals surface area contributed by atoms with Crippen molar-refractivity contribution in [3.8, 4) is 0 Å². The van der Waals surface area contributed by atoms with Crippen molar-refractivity contribution in [3.63, 3.8) is 0 Å². The molecule has 0 radical (unpaired) electrons. The van der Waals surface area contributed by atoms with Gasteiger partial charge >= 0.3 is 0 Å². The monoisotopic (exact) mass is 225 g/mol. The quantitative estimate of drug-likeness (QED) is 0.825. The summed E-state index contributed by atoms with van der Waals surface area (Å²) in [5.41, 5.74) is 0.917. The van der Waals surface area contributed by atoms with Crippen molar-refractivity contribution in [2.24, 2.45) is 5.92 Å². The third kappa shape index (κ3) is 2.94. The van der Waals surface area contributed by atoms with E-state index in [1.54, 1.807) is 12.1 Å². The van der Waals surface area contributed by atoms with E-state index in [1.807, 2.05) is 12.1 Å². The highest BCUT2D eigenvalue weighted by molar-refractivity contribution is 6.30. The number of halogens is 1. The molecule has 3 heteroatoms. The van der Waals surface area contributed by atoms with Gasteiger partial charge in [0.05, 0.1) is 6.10 Å². The smallest absolute Gasteiger partial charge is 0.0914 e. The lowest BCUT2D eigenvalue weighted by atomic mass is 10.1. The molecule has 0 heterocycles. The van der Waals surface area contributed by atoms with Crippen LogP contribution in [0.1, 0.15) is 25.0 Å². The van der Waals surface area contributed by atoms with Gasteiger partial charge in [-0.3, -0.25) is 0 Å². The number of aliphatic hydroxyl groups is 1. The molecule has 2 nitrogen and oxygen atoms in total.